The Morgan fingerprint density at radius 2 is 2.26 bits per heavy atom. The smallest absolute Gasteiger partial charge is 0.101 e. The number of nitrogens with one attached hydrogen (secondary N) is 1. The van der Waals surface area contributed by atoms with E-state index in [2.05, 4.69) is 32.4 Å². The molecule has 0 atom stereocenters. The highest BCUT2D eigenvalue weighted by Gasteiger charge is 2.11. The molecule has 0 aliphatic heterocycles. The van der Waals surface area contributed by atoms with Crippen molar-refractivity contribution in [2.45, 2.75) is 13.5 Å². The van der Waals surface area contributed by atoms with Crippen molar-refractivity contribution in [1.82, 2.24) is 9.78 Å². The molecule has 19 heavy (non-hydrogen) atoms. The van der Waals surface area contributed by atoms with E-state index < -0.39 is 0 Å². The molecule has 4 nitrogen and oxygen atoms in total. The second kappa shape index (κ2) is 5.64. The molecule has 0 unspecified atom stereocenters. The summed E-state index contributed by atoms with van der Waals surface area (Å²) in [4.78, 5) is 0. The summed E-state index contributed by atoms with van der Waals surface area (Å²) in [5.74, 6) is 0. The first kappa shape index (κ1) is 13.9. The highest BCUT2D eigenvalue weighted by Crippen LogP contribution is 2.24. The van der Waals surface area contributed by atoms with Crippen LogP contribution in [-0.4, -0.2) is 9.78 Å². The maximum absolute atomic E-state index is 9.06. The standard InChI is InChI=1S/C13H12BrClN4/c1-8-13(14)12(19(2)18-8)7-17-11-5-10(15)4-3-9(11)6-16/h3-5,17H,7H2,1-2H3. The van der Waals surface area contributed by atoms with Gasteiger partial charge >= 0.3 is 0 Å². The fourth-order valence-corrected chi connectivity index (χ4v) is 2.46. The maximum atomic E-state index is 9.06. The van der Waals surface area contributed by atoms with E-state index in [0.29, 0.717) is 17.1 Å². The molecule has 0 radical (unpaired) electrons. The number of nitrogens with zero attached hydrogens (tertiary/aromatic N) is 3. The molecule has 0 aliphatic rings. The SMILES string of the molecule is Cc1nn(C)c(CNc2cc(Cl)ccc2C#N)c1Br. The van der Waals surface area contributed by atoms with Gasteiger partial charge in [-0.2, -0.15) is 10.4 Å². The lowest BCUT2D eigenvalue weighted by Crippen LogP contribution is -2.07. The van der Waals surface area contributed by atoms with Crippen LogP contribution in [0.3, 0.4) is 0 Å². The summed E-state index contributed by atoms with van der Waals surface area (Å²) in [7, 11) is 1.89. The minimum atomic E-state index is 0.562. The molecule has 1 aromatic carbocycles. The summed E-state index contributed by atoms with van der Waals surface area (Å²) in [5.41, 5.74) is 3.24. The van der Waals surface area contributed by atoms with Gasteiger partial charge in [-0.1, -0.05) is 11.6 Å². The molecular formula is C13H12BrClN4. The number of hydrogen-bond acceptors (Lipinski definition) is 3. The fourth-order valence-electron chi connectivity index (χ4n) is 1.81. The van der Waals surface area contributed by atoms with Gasteiger partial charge in [0.05, 0.1) is 33.7 Å². The molecule has 1 N–H and O–H groups in total. The molecule has 0 amide bonds. The molecular weight excluding hydrogens is 328 g/mol. The van der Waals surface area contributed by atoms with Crippen molar-refractivity contribution < 1.29 is 0 Å². The van der Waals surface area contributed by atoms with E-state index >= 15 is 0 Å². The third-order valence-electron chi connectivity index (χ3n) is 2.81. The van der Waals surface area contributed by atoms with Crippen LogP contribution in [-0.2, 0) is 13.6 Å². The number of aromatic nitrogens is 2. The Morgan fingerprint density at radius 3 is 2.84 bits per heavy atom. The van der Waals surface area contributed by atoms with Crippen molar-refractivity contribution >= 4 is 33.2 Å². The highest BCUT2D eigenvalue weighted by atomic mass is 79.9. The van der Waals surface area contributed by atoms with Crippen molar-refractivity contribution in [2.75, 3.05) is 5.32 Å². The van der Waals surface area contributed by atoms with Crippen LogP contribution in [0.15, 0.2) is 22.7 Å². The Balaban J connectivity index is 2.24. The van der Waals surface area contributed by atoms with Gasteiger partial charge in [0, 0.05) is 12.1 Å². The van der Waals surface area contributed by atoms with E-state index in [-0.39, 0.29) is 0 Å². The number of nitriles is 1. The Labute approximate surface area is 125 Å². The predicted molar refractivity (Wildman–Crippen MR) is 79.1 cm³/mol. The van der Waals surface area contributed by atoms with Gasteiger partial charge in [0.15, 0.2) is 0 Å². The first-order valence-electron chi connectivity index (χ1n) is 5.64. The van der Waals surface area contributed by atoms with E-state index in [1.165, 1.54) is 0 Å². The topological polar surface area (TPSA) is 53.6 Å². The fraction of sp³-hybridized carbons (Fsp3) is 0.231. The largest absolute Gasteiger partial charge is 0.378 e. The molecule has 2 rings (SSSR count). The monoisotopic (exact) mass is 338 g/mol. The number of halogens is 2. The third kappa shape index (κ3) is 2.91. The summed E-state index contributed by atoms with van der Waals surface area (Å²) in [6.07, 6.45) is 0. The average Bonchev–Trinajstić information content (AvgIpc) is 2.61. The minimum Gasteiger partial charge on any atom is -0.378 e. The number of anilines is 1. The first-order chi connectivity index (χ1) is 9.02. The Bertz CT molecular complexity index is 657. The lowest BCUT2D eigenvalue weighted by atomic mass is 10.2. The normalized spacial score (nSPS) is 10.3. The molecule has 2 aromatic rings. The van der Waals surface area contributed by atoms with Crippen molar-refractivity contribution in [3.05, 3.63) is 44.6 Å². The summed E-state index contributed by atoms with van der Waals surface area (Å²) in [5, 5.41) is 17.2. The number of aryl methyl sites for hydroxylation is 2. The van der Waals surface area contributed by atoms with Gasteiger partial charge in [0.25, 0.3) is 0 Å². The average molecular weight is 340 g/mol. The quantitative estimate of drug-likeness (QED) is 0.929. The maximum Gasteiger partial charge on any atom is 0.101 e. The van der Waals surface area contributed by atoms with E-state index in [9.17, 15) is 0 Å². The summed E-state index contributed by atoms with van der Waals surface area (Å²) >= 11 is 9.46. The molecule has 0 bridgehead atoms. The van der Waals surface area contributed by atoms with Gasteiger partial charge in [-0.25, -0.2) is 0 Å². The number of rotatable bonds is 3. The Kier molecular flexibility index (Phi) is 4.13. The van der Waals surface area contributed by atoms with Crippen LogP contribution in [0.1, 0.15) is 17.0 Å². The van der Waals surface area contributed by atoms with Crippen LogP contribution in [0.5, 0.6) is 0 Å². The van der Waals surface area contributed by atoms with Crippen LogP contribution in [0.4, 0.5) is 5.69 Å². The summed E-state index contributed by atoms with van der Waals surface area (Å²) in [6.45, 7) is 2.50. The lowest BCUT2D eigenvalue weighted by molar-refractivity contribution is 0.712. The molecule has 98 valence electrons. The lowest BCUT2D eigenvalue weighted by Gasteiger charge is -2.09. The Hall–Kier alpha value is -1.51. The van der Waals surface area contributed by atoms with Gasteiger partial charge in [-0.3, -0.25) is 4.68 Å². The van der Waals surface area contributed by atoms with Crippen LogP contribution in [0.2, 0.25) is 5.02 Å². The molecule has 1 heterocycles. The van der Waals surface area contributed by atoms with Crippen molar-refractivity contribution in [1.29, 1.82) is 5.26 Å². The Morgan fingerprint density at radius 1 is 1.53 bits per heavy atom. The first-order valence-corrected chi connectivity index (χ1v) is 6.81. The third-order valence-corrected chi connectivity index (χ3v) is 4.08. The van der Waals surface area contributed by atoms with Crippen LogP contribution in [0, 0.1) is 18.3 Å². The second-order valence-electron chi connectivity index (χ2n) is 4.12. The van der Waals surface area contributed by atoms with Gasteiger partial charge in [0.2, 0.25) is 0 Å². The van der Waals surface area contributed by atoms with Crippen LogP contribution in [0.25, 0.3) is 0 Å². The molecule has 0 saturated heterocycles. The zero-order valence-electron chi connectivity index (χ0n) is 10.5. The zero-order chi connectivity index (χ0) is 14.0. The van der Waals surface area contributed by atoms with Gasteiger partial charge in [-0.15, -0.1) is 0 Å². The second-order valence-corrected chi connectivity index (χ2v) is 5.35. The number of hydrogen-bond donors (Lipinski definition) is 1. The van der Waals surface area contributed by atoms with Gasteiger partial charge in [0.1, 0.15) is 6.07 Å². The van der Waals surface area contributed by atoms with E-state index in [0.717, 1.165) is 21.5 Å². The highest BCUT2D eigenvalue weighted by molar-refractivity contribution is 9.10. The predicted octanol–water partition coefficient (Wildman–Crippen LogP) is 3.63. The molecule has 0 saturated carbocycles. The van der Waals surface area contributed by atoms with E-state index in [1.54, 1.807) is 18.2 Å². The number of benzene rings is 1. The molecule has 6 heteroatoms. The van der Waals surface area contributed by atoms with Crippen molar-refractivity contribution in [3.8, 4) is 6.07 Å². The zero-order valence-corrected chi connectivity index (χ0v) is 12.9. The van der Waals surface area contributed by atoms with Crippen molar-refractivity contribution in [2.24, 2.45) is 7.05 Å². The molecule has 1 aromatic heterocycles. The van der Waals surface area contributed by atoms with Crippen molar-refractivity contribution in [3.63, 3.8) is 0 Å². The molecule has 0 aliphatic carbocycles. The summed E-state index contributed by atoms with van der Waals surface area (Å²) < 4.78 is 2.78. The molecule has 0 spiro atoms. The molecule has 0 fully saturated rings. The summed E-state index contributed by atoms with van der Waals surface area (Å²) in [6, 6.07) is 7.29. The van der Waals surface area contributed by atoms with E-state index in [1.807, 2.05) is 18.7 Å². The van der Waals surface area contributed by atoms with E-state index in [4.69, 9.17) is 16.9 Å². The van der Waals surface area contributed by atoms with Gasteiger partial charge < -0.3 is 5.32 Å². The minimum absolute atomic E-state index is 0.562. The van der Waals surface area contributed by atoms with Crippen LogP contribution < -0.4 is 5.32 Å². The van der Waals surface area contributed by atoms with Gasteiger partial charge in [-0.05, 0) is 41.1 Å². The van der Waals surface area contributed by atoms with Crippen LogP contribution >= 0.6 is 27.5 Å².